The van der Waals surface area contributed by atoms with E-state index in [0.717, 1.165) is 32.0 Å². The molecule has 2 aromatic heterocycles. The van der Waals surface area contributed by atoms with Crippen LogP contribution in [0.1, 0.15) is 4.88 Å². The predicted octanol–water partition coefficient (Wildman–Crippen LogP) is 2.86. The van der Waals surface area contributed by atoms with Gasteiger partial charge < -0.3 is 10.2 Å². The molecule has 0 bridgehead atoms. The van der Waals surface area contributed by atoms with Gasteiger partial charge in [-0.15, -0.1) is 36.2 Å². The lowest BCUT2D eigenvalue weighted by Crippen LogP contribution is -2.43. The number of anilines is 1. The number of fused-ring (bicyclic) bond motifs is 1. The Morgan fingerprint density at radius 2 is 2.00 bits per heavy atom. The normalized spacial score (nSPS) is 15.1. The number of thiophene rings is 1. The van der Waals surface area contributed by atoms with Crippen molar-refractivity contribution in [3.8, 4) is 0 Å². The summed E-state index contributed by atoms with van der Waals surface area (Å²) in [6.45, 7) is 6.39. The van der Waals surface area contributed by atoms with Gasteiger partial charge in [0.15, 0.2) is 0 Å². The standard InChI is InChI=1S/C12H15N3S.2ClH/c1-9-8-10-11(16-9)2-3-14-12(10)15-6-4-13-5-7-15;;/h2-3,8,13H,4-7H2,1H3;2*1H. The second-order valence-corrected chi connectivity index (χ2v) is 5.43. The van der Waals surface area contributed by atoms with Gasteiger partial charge in [0, 0.05) is 47.3 Å². The van der Waals surface area contributed by atoms with Gasteiger partial charge in [-0.1, -0.05) is 0 Å². The Morgan fingerprint density at radius 3 is 2.72 bits per heavy atom. The average Bonchev–Trinajstić information content (AvgIpc) is 2.70. The van der Waals surface area contributed by atoms with Crippen molar-refractivity contribution in [3.63, 3.8) is 0 Å². The van der Waals surface area contributed by atoms with E-state index in [1.165, 1.54) is 15.0 Å². The third kappa shape index (κ3) is 2.88. The third-order valence-electron chi connectivity index (χ3n) is 2.96. The van der Waals surface area contributed by atoms with E-state index in [4.69, 9.17) is 0 Å². The topological polar surface area (TPSA) is 28.2 Å². The smallest absolute Gasteiger partial charge is 0.137 e. The maximum absolute atomic E-state index is 4.55. The van der Waals surface area contributed by atoms with Crippen LogP contribution in [0.3, 0.4) is 0 Å². The summed E-state index contributed by atoms with van der Waals surface area (Å²) < 4.78 is 1.35. The molecule has 18 heavy (non-hydrogen) atoms. The number of nitrogens with one attached hydrogen (secondary N) is 1. The first-order valence-corrected chi connectivity index (χ1v) is 6.47. The van der Waals surface area contributed by atoms with Gasteiger partial charge >= 0.3 is 0 Å². The molecule has 3 rings (SSSR count). The molecule has 0 spiro atoms. The van der Waals surface area contributed by atoms with Crippen LogP contribution in [0.25, 0.3) is 10.1 Å². The van der Waals surface area contributed by atoms with Gasteiger partial charge in [-0.05, 0) is 19.1 Å². The van der Waals surface area contributed by atoms with Crippen molar-refractivity contribution in [3.05, 3.63) is 23.2 Å². The van der Waals surface area contributed by atoms with Crippen molar-refractivity contribution in [1.29, 1.82) is 0 Å². The van der Waals surface area contributed by atoms with Crippen molar-refractivity contribution >= 4 is 52.1 Å². The Labute approximate surface area is 123 Å². The van der Waals surface area contributed by atoms with Crippen molar-refractivity contribution in [1.82, 2.24) is 10.3 Å². The number of aromatic nitrogens is 1. The van der Waals surface area contributed by atoms with Crippen LogP contribution in [0.4, 0.5) is 5.82 Å². The van der Waals surface area contributed by atoms with Crippen LogP contribution in [0, 0.1) is 6.92 Å². The highest BCUT2D eigenvalue weighted by Gasteiger charge is 2.15. The lowest BCUT2D eigenvalue weighted by molar-refractivity contribution is 0.586. The fourth-order valence-electron chi connectivity index (χ4n) is 2.20. The Balaban J connectivity index is 0.000000810. The predicted molar refractivity (Wildman–Crippen MR) is 83.9 cm³/mol. The van der Waals surface area contributed by atoms with Gasteiger partial charge in [0.2, 0.25) is 0 Å². The first-order chi connectivity index (χ1) is 7.84. The number of pyridine rings is 1. The Hall–Kier alpha value is -0.550. The molecule has 3 heterocycles. The first-order valence-electron chi connectivity index (χ1n) is 5.65. The monoisotopic (exact) mass is 305 g/mol. The molecule has 1 N–H and O–H groups in total. The van der Waals surface area contributed by atoms with E-state index in [1.54, 1.807) is 0 Å². The molecule has 1 aliphatic rings. The summed E-state index contributed by atoms with van der Waals surface area (Å²) in [6, 6.07) is 4.36. The lowest BCUT2D eigenvalue weighted by Gasteiger charge is -2.28. The van der Waals surface area contributed by atoms with Crippen LogP contribution in [0.2, 0.25) is 0 Å². The molecule has 1 aliphatic heterocycles. The van der Waals surface area contributed by atoms with Crippen LogP contribution in [0.5, 0.6) is 0 Å². The summed E-state index contributed by atoms with van der Waals surface area (Å²) in [7, 11) is 0. The summed E-state index contributed by atoms with van der Waals surface area (Å²) in [6.07, 6.45) is 1.93. The lowest BCUT2D eigenvalue weighted by atomic mass is 10.2. The van der Waals surface area contributed by atoms with Crippen molar-refractivity contribution in [2.75, 3.05) is 31.1 Å². The zero-order valence-corrected chi connectivity index (χ0v) is 12.6. The van der Waals surface area contributed by atoms with E-state index in [1.807, 2.05) is 17.5 Å². The average molecular weight is 306 g/mol. The molecule has 2 aromatic rings. The number of nitrogens with zero attached hydrogens (tertiary/aromatic N) is 2. The minimum Gasteiger partial charge on any atom is -0.354 e. The zero-order valence-electron chi connectivity index (χ0n) is 10.2. The minimum atomic E-state index is 0. The second-order valence-electron chi connectivity index (χ2n) is 4.14. The molecule has 1 fully saturated rings. The van der Waals surface area contributed by atoms with E-state index in [0.29, 0.717) is 0 Å². The fraction of sp³-hybridized carbons (Fsp3) is 0.417. The molecule has 6 heteroatoms. The summed E-state index contributed by atoms with van der Waals surface area (Å²) in [5.41, 5.74) is 0. The van der Waals surface area contributed by atoms with Gasteiger partial charge in [0.25, 0.3) is 0 Å². The summed E-state index contributed by atoms with van der Waals surface area (Å²) in [5.74, 6) is 1.16. The molecular weight excluding hydrogens is 289 g/mol. The largest absolute Gasteiger partial charge is 0.354 e. The molecule has 0 atom stereocenters. The quantitative estimate of drug-likeness (QED) is 0.878. The molecular formula is C12H17Cl2N3S. The van der Waals surface area contributed by atoms with Gasteiger partial charge in [0.05, 0.1) is 0 Å². The number of halogens is 2. The van der Waals surface area contributed by atoms with Crippen LogP contribution < -0.4 is 10.2 Å². The fourth-order valence-corrected chi connectivity index (χ4v) is 3.12. The van der Waals surface area contributed by atoms with E-state index in [-0.39, 0.29) is 24.8 Å². The molecule has 0 aliphatic carbocycles. The van der Waals surface area contributed by atoms with Crippen LogP contribution in [-0.4, -0.2) is 31.2 Å². The molecule has 0 radical (unpaired) electrons. The Bertz CT molecular complexity index is 509. The van der Waals surface area contributed by atoms with Crippen LogP contribution in [0.15, 0.2) is 18.3 Å². The molecule has 3 nitrogen and oxygen atoms in total. The number of aryl methyl sites for hydroxylation is 1. The van der Waals surface area contributed by atoms with Crippen molar-refractivity contribution in [2.24, 2.45) is 0 Å². The SMILES string of the molecule is Cc1cc2c(N3CCNCC3)nccc2s1.Cl.Cl. The molecule has 0 amide bonds. The maximum Gasteiger partial charge on any atom is 0.137 e. The number of hydrogen-bond donors (Lipinski definition) is 1. The molecule has 0 unspecified atom stereocenters. The van der Waals surface area contributed by atoms with Gasteiger partial charge in [-0.25, -0.2) is 4.98 Å². The van der Waals surface area contributed by atoms with Crippen molar-refractivity contribution < 1.29 is 0 Å². The van der Waals surface area contributed by atoms with Crippen molar-refractivity contribution in [2.45, 2.75) is 6.92 Å². The van der Waals surface area contributed by atoms with Gasteiger partial charge in [-0.2, -0.15) is 0 Å². The highest BCUT2D eigenvalue weighted by molar-refractivity contribution is 7.19. The van der Waals surface area contributed by atoms with E-state index >= 15 is 0 Å². The highest BCUT2D eigenvalue weighted by atomic mass is 35.5. The van der Waals surface area contributed by atoms with E-state index in [2.05, 4.69) is 34.3 Å². The number of rotatable bonds is 1. The molecule has 0 aromatic carbocycles. The number of hydrogen-bond acceptors (Lipinski definition) is 4. The second kappa shape index (κ2) is 6.57. The highest BCUT2D eigenvalue weighted by Crippen LogP contribution is 2.31. The molecule has 100 valence electrons. The Kier molecular flexibility index (Phi) is 5.66. The first kappa shape index (κ1) is 15.5. The van der Waals surface area contributed by atoms with Crippen LogP contribution in [-0.2, 0) is 0 Å². The Morgan fingerprint density at radius 1 is 1.28 bits per heavy atom. The maximum atomic E-state index is 4.55. The molecule has 1 saturated heterocycles. The van der Waals surface area contributed by atoms with E-state index < -0.39 is 0 Å². The number of piperazine rings is 1. The minimum absolute atomic E-state index is 0. The van der Waals surface area contributed by atoms with Gasteiger partial charge in [0.1, 0.15) is 5.82 Å². The summed E-state index contributed by atoms with van der Waals surface area (Å²) in [5, 5.41) is 4.68. The van der Waals surface area contributed by atoms with E-state index in [9.17, 15) is 0 Å². The van der Waals surface area contributed by atoms with Crippen LogP contribution >= 0.6 is 36.2 Å². The summed E-state index contributed by atoms with van der Waals surface area (Å²) >= 11 is 1.85. The molecule has 0 saturated carbocycles. The third-order valence-corrected chi connectivity index (χ3v) is 3.98. The van der Waals surface area contributed by atoms with Gasteiger partial charge in [-0.3, -0.25) is 0 Å². The zero-order chi connectivity index (χ0) is 11.0. The summed E-state index contributed by atoms with van der Waals surface area (Å²) in [4.78, 5) is 8.29.